The standard InChI is InChI=1S/C13H20N2O3/c1-9(2)15-6-5-10(8-15)13-14-7-11(18-13)3-4-12(16)17/h7,9-10H,3-6,8H2,1-2H3,(H,16,17). The van der Waals surface area contributed by atoms with Crippen molar-refractivity contribution < 1.29 is 14.3 Å². The molecule has 2 heterocycles. The van der Waals surface area contributed by atoms with Crippen LogP contribution >= 0.6 is 0 Å². The summed E-state index contributed by atoms with van der Waals surface area (Å²) in [5.41, 5.74) is 0. The topological polar surface area (TPSA) is 66.6 Å². The van der Waals surface area contributed by atoms with Crippen LogP contribution in [0.4, 0.5) is 0 Å². The van der Waals surface area contributed by atoms with Crippen LogP contribution < -0.4 is 0 Å². The lowest BCUT2D eigenvalue weighted by atomic mass is 10.1. The molecule has 0 aromatic carbocycles. The van der Waals surface area contributed by atoms with Gasteiger partial charge in [0, 0.05) is 24.9 Å². The molecule has 1 saturated heterocycles. The van der Waals surface area contributed by atoms with E-state index in [1.807, 2.05) is 0 Å². The van der Waals surface area contributed by atoms with Crippen LogP contribution in [0.3, 0.4) is 0 Å². The summed E-state index contributed by atoms with van der Waals surface area (Å²) in [5.74, 6) is 0.986. The summed E-state index contributed by atoms with van der Waals surface area (Å²) in [6.45, 7) is 6.44. The van der Waals surface area contributed by atoms with Crippen molar-refractivity contribution in [3.05, 3.63) is 17.8 Å². The first-order valence-electron chi connectivity index (χ1n) is 6.46. The zero-order chi connectivity index (χ0) is 13.1. The minimum Gasteiger partial charge on any atom is -0.481 e. The van der Waals surface area contributed by atoms with E-state index in [0.717, 1.165) is 25.4 Å². The first kappa shape index (κ1) is 13.1. The Morgan fingerprint density at radius 2 is 2.44 bits per heavy atom. The minimum absolute atomic E-state index is 0.0947. The van der Waals surface area contributed by atoms with Gasteiger partial charge in [0.2, 0.25) is 0 Å². The maximum atomic E-state index is 10.5. The van der Waals surface area contributed by atoms with E-state index in [9.17, 15) is 4.79 Å². The Morgan fingerprint density at radius 1 is 1.67 bits per heavy atom. The summed E-state index contributed by atoms with van der Waals surface area (Å²) in [7, 11) is 0. The van der Waals surface area contributed by atoms with E-state index in [2.05, 4.69) is 23.7 Å². The van der Waals surface area contributed by atoms with E-state index >= 15 is 0 Å². The predicted molar refractivity (Wildman–Crippen MR) is 66.5 cm³/mol. The van der Waals surface area contributed by atoms with E-state index in [1.54, 1.807) is 6.20 Å². The van der Waals surface area contributed by atoms with Crippen LogP contribution in [0.1, 0.15) is 44.3 Å². The van der Waals surface area contributed by atoms with Crippen molar-refractivity contribution in [2.24, 2.45) is 0 Å². The highest BCUT2D eigenvalue weighted by Crippen LogP contribution is 2.28. The second-order valence-corrected chi connectivity index (χ2v) is 5.13. The summed E-state index contributed by atoms with van der Waals surface area (Å²) >= 11 is 0. The van der Waals surface area contributed by atoms with Crippen molar-refractivity contribution >= 4 is 5.97 Å². The number of rotatable bonds is 5. The number of carbonyl (C=O) groups is 1. The molecule has 2 rings (SSSR count). The van der Waals surface area contributed by atoms with Gasteiger partial charge in [-0.05, 0) is 26.8 Å². The molecule has 1 aliphatic rings. The maximum absolute atomic E-state index is 10.5. The lowest BCUT2D eigenvalue weighted by Crippen LogP contribution is -2.27. The molecule has 1 aliphatic heterocycles. The zero-order valence-electron chi connectivity index (χ0n) is 10.9. The average molecular weight is 252 g/mol. The van der Waals surface area contributed by atoms with Gasteiger partial charge in [0.25, 0.3) is 0 Å². The highest BCUT2D eigenvalue weighted by Gasteiger charge is 2.28. The molecule has 0 saturated carbocycles. The third-order valence-corrected chi connectivity index (χ3v) is 3.46. The first-order valence-corrected chi connectivity index (χ1v) is 6.46. The molecular weight excluding hydrogens is 232 g/mol. The van der Waals surface area contributed by atoms with Gasteiger partial charge in [0.1, 0.15) is 5.76 Å². The third kappa shape index (κ3) is 3.10. The Hall–Kier alpha value is -1.36. The summed E-state index contributed by atoms with van der Waals surface area (Å²) in [6.07, 6.45) is 3.24. The molecule has 0 amide bonds. The lowest BCUT2D eigenvalue weighted by Gasteiger charge is -2.19. The Kier molecular flexibility index (Phi) is 4.01. The summed E-state index contributed by atoms with van der Waals surface area (Å²) < 4.78 is 5.64. The molecule has 0 radical (unpaired) electrons. The second kappa shape index (κ2) is 5.52. The minimum atomic E-state index is -0.806. The van der Waals surface area contributed by atoms with Gasteiger partial charge in [-0.1, -0.05) is 0 Å². The van der Waals surface area contributed by atoms with E-state index in [-0.39, 0.29) is 6.42 Å². The van der Waals surface area contributed by atoms with Gasteiger partial charge in [-0.15, -0.1) is 0 Å². The number of carboxylic acid groups (broad SMARTS) is 1. The molecule has 0 aliphatic carbocycles. The third-order valence-electron chi connectivity index (χ3n) is 3.46. The largest absolute Gasteiger partial charge is 0.481 e. The number of hydrogen-bond donors (Lipinski definition) is 1. The smallest absolute Gasteiger partial charge is 0.303 e. The normalized spacial score (nSPS) is 20.7. The Balaban J connectivity index is 1.92. The van der Waals surface area contributed by atoms with Crippen molar-refractivity contribution in [3.63, 3.8) is 0 Å². The fraction of sp³-hybridized carbons (Fsp3) is 0.692. The van der Waals surface area contributed by atoms with Gasteiger partial charge < -0.3 is 14.4 Å². The molecule has 1 aromatic heterocycles. The Morgan fingerprint density at radius 3 is 3.06 bits per heavy atom. The van der Waals surface area contributed by atoms with Crippen LogP contribution in [0.5, 0.6) is 0 Å². The van der Waals surface area contributed by atoms with Gasteiger partial charge >= 0.3 is 5.97 Å². The van der Waals surface area contributed by atoms with Gasteiger partial charge in [0.05, 0.1) is 12.6 Å². The number of aromatic nitrogens is 1. The van der Waals surface area contributed by atoms with Gasteiger partial charge in [-0.3, -0.25) is 4.79 Å². The van der Waals surface area contributed by atoms with Crippen molar-refractivity contribution in [3.8, 4) is 0 Å². The number of aryl methyl sites for hydroxylation is 1. The van der Waals surface area contributed by atoms with Crippen molar-refractivity contribution in [2.75, 3.05) is 13.1 Å². The molecular formula is C13H20N2O3. The van der Waals surface area contributed by atoms with Crippen LogP contribution in [0.15, 0.2) is 10.6 Å². The van der Waals surface area contributed by atoms with Crippen LogP contribution in [-0.4, -0.2) is 40.1 Å². The molecule has 1 atom stereocenters. The quantitative estimate of drug-likeness (QED) is 0.866. The molecule has 1 aromatic rings. The molecule has 0 bridgehead atoms. The van der Waals surface area contributed by atoms with Crippen LogP contribution in [0, 0.1) is 0 Å². The van der Waals surface area contributed by atoms with Gasteiger partial charge in [0.15, 0.2) is 5.89 Å². The van der Waals surface area contributed by atoms with Crippen molar-refractivity contribution in [1.29, 1.82) is 0 Å². The fourth-order valence-corrected chi connectivity index (χ4v) is 2.31. The molecule has 5 heteroatoms. The average Bonchev–Trinajstić information content (AvgIpc) is 2.95. The summed E-state index contributed by atoms with van der Waals surface area (Å²) in [6, 6.07) is 0.552. The van der Waals surface area contributed by atoms with E-state index in [0.29, 0.717) is 24.1 Å². The predicted octanol–water partition coefficient (Wildman–Crippen LogP) is 1.89. The summed E-state index contributed by atoms with van der Waals surface area (Å²) in [5, 5.41) is 8.62. The highest BCUT2D eigenvalue weighted by molar-refractivity contribution is 5.66. The van der Waals surface area contributed by atoms with Crippen LogP contribution in [-0.2, 0) is 11.2 Å². The molecule has 1 N–H and O–H groups in total. The number of hydrogen-bond acceptors (Lipinski definition) is 4. The Bertz CT molecular complexity index is 414. The van der Waals surface area contributed by atoms with Crippen molar-refractivity contribution in [1.82, 2.24) is 9.88 Å². The number of oxazole rings is 1. The number of nitrogens with zero attached hydrogens (tertiary/aromatic N) is 2. The maximum Gasteiger partial charge on any atom is 0.303 e. The molecule has 1 fully saturated rings. The number of aliphatic carboxylic acids is 1. The van der Waals surface area contributed by atoms with Crippen LogP contribution in [0.25, 0.3) is 0 Å². The monoisotopic (exact) mass is 252 g/mol. The SMILES string of the molecule is CC(C)N1CCC(c2ncc(CCC(=O)O)o2)C1. The number of carboxylic acids is 1. The van der Waals surface area contributed by atoms with Crippen molar-refractivity contribution in [2.45, 2.75) is 45.1 Å². The number of likely N-dealkylation sites (tertiary alicyclic amines) is 1. The van der Waals surface area contributed by atoms with E-state index < -0.39 is 5.97 Å². The molecule has 18 heavy (non-hydrogen) atoms. The lowest BCUT2D eigenvalue weighted by molar-refractivity contribution is -0.137. The highest BCUT2D eigenvalue weighted by atomic mass is 16.4. The van der Waals surface area contributed by atoms with E-state index in [1.165, 1.54) is 0 Å². The van der Waals surface area contributed by atoms with Gasteiger partial charge in [-0.25, -0.2) is 4.98 Å². The zero-order valence-corrected chi connectivity index (χ0v) is 10.9. The molecule has 0 spiro atoms. The second-order valence-electron chi connectivity index (χ2n) is 5.13. The van der Waals surface area contributed by atoms with E-state index in [4.69, 9.17) is 9.52 Å². The molecule has 100 valence electrons. The Labute approximate surface area is 107 Å². The molecule has 1 unspecified atom stereocenters. The summed E-state index contributed by atoms with van der Waals surface area (Å²) in [4.78, 5) is 17.2. The van der Waals surface area contributed by atoms with Gasteiger partial charge in [-0.2, -0.15) is 0 Å². The van der Waals surface area contributed by atoms with Crippen LogP contribution in [0.2, 0.25) is 0 Å². The fourth-order valence-electron chi connectivity index (χ4n) is 2.31. The molecule has 5 nitrogen and oxygen atoms in total. The first-order chi connectivity index (χ1) is 8.56.